The average molecular weight is 447 g/mol. The van der Waals surface area contributed by atoms with E-state index in [9.17, 15) is 9.59 Å². The highest BCUT2D eigenvalue weighted by molar-refractivity contribution is 6.04. The van der Waals surface area contributed by atoms with Crippen molar-refractivity contribution in [2.24, 2.45) is 0 Å². The molecule has 3 heterocycles. The molecule has 2 aromatic heterocycles. The fraction of sp³-hybridized carbons (Fsp3) is 0.111. The molecule has 7 heteroatoms. The van der Waals surface area contributed by atoms with Gasteiger partial charge in [-0.1, -0.05) is 36.4 Å². The van der Waals surface area contributed by atoms with Crippen LogP contribution in [0.15, 0.2) is 83.7 Å². The molecule has 7 nitrogen and oxygen atoms in total. The normalized spacial score (nSPS) is 13.0. The maximum absolute atomic E-state index is 13.2. The van der Waals surface area contributed by atoms with Gasteiger partial charge in [-0.15, -0.1) is 0 Å². The van der Waals surface area contributed by atoms with Crippen LogP contribution in [0.5, 0.6) is 0 Å². The highest BCUT2D eigenvalue weighted by Crippen LogP contribution is 2.26. The fourth-order valence-corrected chi connectivity index (χ4v) is 4.42. The summed E-state index contributed by atoms with van der Waals surface area (Å²) in [4.78, 5) is 30.4. The number of hydrogen-bond acceptors (Lipinski definition) is 4. The summed E-state index contributed by atoms with van der Waals surface area (Å²) < 4.78 is 3.45. The van der Waals surface area contributed by atoms with Crippen molar-refractivity contribution in [3.8, 4) is 11.3 Å². The highest BCUT2D eigenvalue weighted by atomic mass is 16.2. The molecule has 1 N–H and O–H groups in total. The molecule has 1 amide bonds. The lowest BCUT2D eigenvalue weighted by Crippen LogP contribution is -2.23. The van der Waals surface area contributed by atoms with Gasteiger partial charge in [0, 0.05) is 17.2 Å². The standard InChI is InChI=1S/C27H21N5O2/c1-17-9-10-19-14-21(17)22-11-12-25(33)32(30-22)16-18-5-4-6-20(13-18)26(34)29-27-28-23-7-2-3-8-24(23)31(27)15-19/h2-14H,15-16H2,1H3,(H,28,29,34). The van der Waals surface area contributed by atoms with E-state index >= 15 is 0 Å². The quantitative estimate of drug-likeness (QED) is 0.385. The Morgan fingerprint density at radius 3 is 2.62 bits per heavy atom. The minimum Gasteiger partial charge on any atom is -0.305 e. The van der Waals surface area contributed by atoms with E-state index in [0.29, 0.717) is 18.1 Å². The Morgan fingerprint density at radius 2 is 1.71 bits per heavy atom. The number of nitrogens with one attached hydrogen (secondary N) is 1. The summed E-state index contributed by atoms with van der Waals surface area (Å²) in [6.45, 7) is 2.82. The molecule has 0 aliphatic carbocycles. The summed E-state index contributed by atoms with van der Waals surface area (Å²) >= 11 is 0. The molecule has 0 saturated carbocycles. The van der Waals surface area contributed by atoms with Gasteiger partial charge < -0.3 is 4.57 Å². The highest BCUT2D eigenvalue weighted by Gasteiger charge is 2.17. The first-order valence-electron chi connectivity index (χ1n) is 11.1. The van der Waals surface area contributed by atoms with Gasteiger partial charge in [-0.2, -0.15) is 5.10 Å². The fourth-order valence-electron chi connectivity index (χ4n) is 4.42. The van der Waals surface area contributed by atoms with E-state index < -0.39 is 0 Å². The number of aromatic nitrogens is 4. The first-order valence-corrected chi connectivity index (χ1v) is 11.1. The average Bonchev–Trinajstić information content (AvgIpc) is 3.18. The van der Waals surface area contributed by atoms with E-state index in [1.165, 1.54) is 4.68 Å². The van der Waals surface area contributed by atoms with E-state index in [0.717, 1.165) is 39.0 Å². The number of fused-ring (bicyclic) bond motifs is 10. The molecule has 0 spiro atoms. The van der Waals surface area contributed by atoms with Gasteiger partial charge in [-0.05, 0) is 60.0 Å². The molecule has 3 aromatic carbocycles. The lowest BCUT2D eigenvalue weighted by Gasteiger charge is -2.13. The van der Waals surface area contributed by atoms with Crippen molar-refractivity contribution in [2.45, 2.75) is 20.0 Å². The maximum Gasteiger partial charge on any atom is 0.267 e. The van der Waals surface area contributed by atoms with Crippen molar-refractivity contribution in [3.05, 3.63) is 111 Å². The predicted molar refractivity (Wildman–Crippen MR) is 131 cm³/mol. The first-order chi connectivity index (χ1) is 16.5. The third kappa shape index (κ3) is 3.47. The van der Waals surface area contributed by atoms with E-state index in [2.05, 4.69) is 28.6 Å². The number of anilines is 1. The van der Waals surface area contributed by atoms with Crippen molar-refractivity contribution in [3.63, 3.8) is 0 Å². The van der Waals surface area contributed by atoms with Gasteiger partial charge in [0.1, 0.15) is 0 Å². The van der Waals surface area contributed by atoms with Crippen LogP contribution in [0.4, 0.5) is 5.95 Å². The van der Waals surface area contributed by atoms with Crippen LogP contribution >= 0.6 is 0 Å². The molecule has 0 radical (unpaired) electrons. The second kappa shape index (κ2) is 7.81. The number of nitrogens with zero attached hydrogens (tertiary/aromatic N) is 4. The number of carbonyl (C=O) groups is 1. The van der Waals surface area contributed by atoms with Gasteiger partial charge in [0.2, 0.25) is 5.95 Å². The van der Waals surface area contributed by atoms with Crippen LogP contribution in [-0.2, 0) is 13.1 Å². The summed E-state index contributed by atoms with van der Waals surface area (Å²) in [6.07, 6.45) is 0. The molecular weight excluding hydrogens is 426 g/mol. The SMILES string of the molecule is Cc1ccc2cc1-c1ccc(=O)n(n1)Cc1cccc(c1)C(=O)Nc1nc3ccccc3n1C2. The number of aryl methyl sites for hydroxylation is 1. The van der Waals surface area contributed by atoms with Crippen LogP contribution in [-0.4, -0.2) is 25.2 Å². The Labute approximate surface area is 195 Å². The first kappa shape index (κ1) is 20.1. The molecule has 1 aliphatic heterocycles. The minimum atomic E-state index is -0.257. The lowest BCUT2D eigenvalue weighted by atomic mass is 10.0. The number of para-hydroxylation sites is 2. The van der Waals surface area contributed by atoms with Crippen molar-refractivity contribution in [1.82, 2.24) is 19.3 Å². The number of imidazole rings is 1. The van der Waals surface area contributed by atoms with Crippen LogP contribution in [0.2, 0.25) is 0 Å². The number of carbonyl (C=O) groups excluding carboxylic acids is 1. The number of amides is 1. The van der Waals surface area contributed by atoms with Crippen molar-refractivity contribution in [2.75, 3.05) is 5.32 Å². The van der Waals surface area contributed by atoms with E-state index in [1.54, 1.807) is 24.3 Å². The molecule has 0 saturated heterocycles. The molecule has 6 rings (SSSR count). The Morgan fingerprint density at radius 1 is 0.853 bits per heavy atom. The van der Waals surface area contributed by atoms with Gasteiger partial charge in [-0.3, -0.25) is 14.9 Å². The molecule has 34 heavy (non-hydrogen) atoms. The molecular formula is C27H21N5O2. The van der Waals surface area contributed by atoms with E-state index in [-0.39, 0.29) is 18.0 Å². The van der Waals surface area contributed by atoms with Gasteiger partial charge >= 0.3 is 0 Å². The molecule has 1 aliphatic rings. The molecule has 166 valence electrons. The van der Waals surface area contributed by atoms with Gasteiger partial charge in [-0.25, -0.2) is 9.67 Å². The van der Waals surface area contributed by atoms with Gasteiger partial charge in [0.15, 0.2) is 0 Å². The van der Waals surface area contributed by atoms with Crippen LogP contribution in [0.25, 0.3) is 22.3 Å². The molecule has 5 aromatic rings. The van der Waals surface area contributed by atoms with Crippen molar-refractivity contribution in [1.29, 1.82) is 0 Å². The maximum atomic E-state index is 13.2. The lowest BCUT2D eigenvalue weighted by molar-refractivity contribution is 0.102. The van der Waals surface area contributed by atoms with Gasteiger partial charge in [0.25, 0.3) is 11.5 Å². The molecule has 0 atom stereocenters. The zero-order chi connectivity index (χ0) is 23.2. The summed E-state index contributed by atoms with van der Waals surface area (Å²) in [5.74, 6) is 0.232. The smallest absolute Gasteiger partial charge is 0.267 e. The van der Waals surface area contributed by atoms with E-state index in [4.69, 9.17) is 4.98 Å². The molecule has 0 unspecified atom stereocenters. The summed E-state index contributed by atoms with van der Waals surface area (Å²) in [5, 5.41) is 7.65. The van der Waals surface area contributed by atoms with Crippen molar-refractivity contribution >= 4 is 22.9 Å². The third-order valence-electron chi connectivity index (χ3n) is 6.19. The Bertz CT molecular complexity index is 1650. The van der Waals surface area contributed by atoms with Crippen LogP contribution in [0.1, 0.15) is 27.0 Å². The topological polar surface area (TPSA) is 81.8 Å². The number of benzene rings is 3. The van der Waals surface area contributed by atoms with Crippen LogP contribution < -0.4 is 10.9 Å². The van der Waals surface area contributed by atoms with Gasteiger partial charge in [0.05, 0.1) is 29.8 Å². The Balaban J connectivity index is 1.60. The zero-order valence-corrected chi connectivity index (χ0v) is 18.5. The molecule has 6 bridgehead atoms. The minimum absolute atomic E-state index is 0.191. The second-order valence-electron chi connectivity index (χ2n) is 8.53. The third-order valence-corrected chi connectivity index (χ3v) is 6.19. The number of hydrogen-bond donors (Lipinski definition) is 1. The predicted octanol–water partition coefficient (Wildman–Crippen LogP) is 4.23. The summed E-state index contributed by atoms with van der Waals surface area (Å²) in [6, 6.07) is 24.6. The zero-order valence-electron chi connectivity index (χ0n) is 18.5. The summed E-state index contributed by atoms with van der Waals surface area (Å²) in [5.41, 5.74) is 6.66. The second-order valence-corrected chi connectivity index (χ2v) is 8.53. The number of rotatable bonds is 0. The molecule has 0 fully saturated rings. The van der Waals surface area contributed by atoms with Crippen molar-refractivity contribution < 1.29 is 4.79 Å². The largest absolute Gasteiger partial charge is 0.305 e. The summed E-state index contributed by atoms with van der Waals surface area (Å²) in [7, 11) is 0. The Hall–Kier alpha value is -4.52. The van der Waals surface area contributed by atoms with Crippen LogP contribution in [0.3, 0.4) is 0 Å². The monoisotopic (exact) mass is 447 g/mol. The Kier molecular flexibility index (Phi) is 4.62. The van der Waals surface area contributed by atoms with Crippen LogP contribution in [0, 0.1) is 6.92 Å². The van der Waals surface area contributed by atoms with E-state index in [1.807, 2.05) is 47.9 Å².